The van der Waals surface area contributed by atoms with Crippen LogP contribution in [0.4, 0.5) is 5.69 Å². The number of ether oxygens (including phenoxy) is 1. The molecule has 0 bridgehead atoms. The first-order valence-electron chi connectivity index (χ1n) is 8.83. The summed E-state index contributed by atoms with van der Waals surface area (Å²) in [6.07, 6.45) is 1.32. The van der Waals surface area contributed by atoms with E-state index in [0.29, 0.717) is 29.4 Å². The fourth-order valence-corrected chi connectivity index (χ4v) is 5.70. The zero-order chi connectivity index (χ0) is 20.4. The standard InChI is InChI=1S/C21H17N3O3S2/c1-27-21-9-7-18(14-23-21)29(25,26)24-10-11-28-20-8-6-17(12-19(20)24)16-4-2-15(13-22)3-5-16/h2-9,12,14H,10-11H2,1H3. The maximum atomic E-state index is 13.3. The Morgan fingerprint density at radius 1 is 1.10 bits per heavy atom. The molecule has 0 N–H and O–H groups in total. The lowest BCUT2D eigenvalue weighted by Crippen LogP contribution is -2.35. The maximum absolute atomic E-state index is 13.3. The molecule has 0 aliphatic carbocycles. The summed E-state index contributed by atoms with van der Waals surface area (Å²) >= 11 is 1.63. The summed E-state index contributed by atoms with van der Waals surface area (Å²) in [5.41, 5.74) is 3.05. The zero-order valence-corrected chi connectivity index (χ0v) is 17.2. The molecular weight excluding hydrogens is 406 g/mol. The molecule has 0 fully saturated rings. The summed E-state index contributed by atoms with van der Waals surface area (Å²) in [6.45, 7) is 0.378. The molecule has 0 radical (unpaired) electrons. The van der Waals surface area contributed by atoms with Crippen LogP contribution in [0.25, 0.3) is 11.1 Å². The number of nitriles is 1. The van der Waals surface area contributed by atoms with Crippen molar-refractivity contribution >= 4 is 27.5 Å². The Labute approximate surface area is 173 Å². The number of sulfonamides is 1. The zero-order valence-electron chi connectivity index (χ0n) is 15.6. The van der Waals surface area contributed by atoms with Gasteiger partial charge in [-0.2, -0.15) is 5.26 Å². The smallest absolute Gasteiger partial charge is 0.265 e. The van der Waals surface area contributed by atoms with Gasteiger partial charge in [-0.05, 0) is 41.5 Å². The van der Waals surface area contributed by atoms with Crippen LogP contribution in [-0.4, -0.2) is 32.8 Å². The van der Waals surface area contributed by atoms with Gasteiger partial charge in [0.25, 0.3) is 10.0 Å². The van der Waals surface area contributed by atoms with Crippen molar-refractivity contribution in [2.75, 3.05) is 23.7 Å². The number of fused-ring (bicyclic) bond motifs is 1. The highest BCUT2D eigenvalue weighted by molar-refractivity contribution is 8.00. The Kier molecular flexibility index (Phi) is 5.18. The Hall–Kier alpha value is -3.02. The van der Waals surface area contributed by atoms with E-state index < -0.39 is 10.0 Å². The SMILES string of the molecule is COc1ccc(S(=O)(=O)N2CCSc3ccc(-c4ccc(C#N)cc4)cc32)cn1. The van der Waals surface area contributed by atoms with E-state index >= 15 is 0 Å². The highest BCUT2D eigenvalue weighted by Gasteiger charge is 2.30. The van der Waals surface area contributed by atoms with E-state index in [-0.39, 0.29) is 4.90 Å². The summed E-state index contributed by atoms with van der Waals surface area (Å²) < 4.78 is 33.0. The molecule has 0 saturated heterocycles. The maximum Gasteiger partial charge on any atom is 0.265 e. The van der Waals surface area contributed by atoms with Crippen molar-refractivity contribution in [3.8, 4) is 23.1 Å². The molecule has 0 atom stereocenters. The lowest BCUT2D eigenvalue weighted by atomic mass is 10.0. The predicted molar refractivity (Wildman–Crippen MR) is 113 cm³/mol. The highest BCUT2D eigenvalue weighted by Crippen LogP contribution is 2.40. The number of aromatic nitrogens is 1. The second-order valence-corrected chi connectivity index (χ2v) is 9.33. The number of benzene rings is 2. The van der Waals surface area contributed by atoms with Crippen LogP contribution >= 0.6 is 11.8 Å². The first-order chi connectivity index (χ1) is 14.0. The van der Waals surface area contributed by atoms with Gasteiger partial charge in [-0.25, -0.2) is 13.4 Å². The summed E-state index contributed by atoms with van der Waals surface area (Å²) in [5, 5.41) is 8.98. The predicted octanol–water partition coefficient (Wildman–Crippen LogP) is 3.93. The molecule has 1 aliphatic heterocycles. The molecule has 0 saturated carbocycles. The molecule has 1 aliphatic rings. The first kappa shape index (κ1) is 19.3. The monoisotopic (exact) mass is 423 g/mol. The molecular formula is C21H17N3O3S2. The van der Waals surface area contributed by atoms with E-state index in [4.69, 9.17) is 10.00 Å². The lowest BCUT2D eigenvalue weighted by molar-refractivity contribution is 0.397. The largest absolute Gasteiger partial charge is 0.481 e. The van der Waals surface area contributed by atoms with Crippen molar-refractivity contribution in [1.82, 2.24) is 4.98 Å². The van der Waals surface area contributed by atoms with Gasteiger partial charge in [0.05, 0.1) is 30.6 Å². The topological polar surface area (TPSA) is 83.3 Å². The van der Waals surface area contributed by atoms with Gasteiger partial charge in [-0.3, -0.25) is 4.31 Å². The molecule has 0 spiro atoms. The molecule has 8 heteroatoms. The van der Waals surface area contributed by atoms with Crippen molar-refractivity contribution < 1.29 is 13.2 Å². The van der Waals surface area contributed by atoms with E-state index in [9.17, 15) is 8.42 Å². The molecule has 3 aromatic rings. The normalized spacial score (nSPS) is 13.4. The Balaban J connectivity index is 1.75. The molecule has 6 nitrogen and oxygen atoms in total. The number of methoxy groups -OCH3 is 1. The third-order valence-electron chi connectivity index (χ3n) is 4.63. The quantitative estimate of drug-likeness (QED) is 0.632. The van der Waals surface area contributed by atoms with Crippen LogP contribution in [0.5, 0.6) is 5.88 Å². The van der Waals surface area contributed by atoms with E-state index in [1.807, 2.05) is 30.3 Å². The van der Waals surface area contributed by atoms with E-state index in [1.165, 1.54) is 23.7 Å². The van der Waals surface area contributed by atoms with Gasteiger partial charge >= 0.3 is 0 Å². The lowest BCUT2D eigenvalue weighted by Gasteiger charge is -2.30. The second-order valence-electron chi connectivity index (χ2n) is 6.33. The van der Waals surface area contributed by atoms with Crippen molar-refractivity contribution in [2.45, 2.75) is 9.79 Å². The van der Waals surface area contributed by atoms with E-state index in [1.54, 1.807) is 30.0 Å². The number of anilines is 1. The van der Waals surface area contributed by atoms with Crippen molar-refractivity contribution in [1.29, 1.82) is 5.26 Å². The van der Waals surface area contributed by atoms with Gasteiger partial charge in [0.15, 0.2) is 0 Å². The molecule has 2 aromatic carbocycles. The molecule has 29 heavy (non-hydrogen) atoms. The fourth-order valence-electron chi connectivity index (χ4n) is 3.13. The first-order valence-corrected chi connectivity index (χ1v) is 11.3. The number of pyridine rings is 1. The van der Waals surface area contributed by atoms with Crippen molar-refractivity contribution in [3.05, 3.63) is 66.4 Å². The molecule has 2 heterocycles. The van der Waals surface area contributed by atoms with Gasteiger partial charge in [-0.1, -0.05) is 18.2 Å². The Morgan fingerprint density at radius 3 is 2.52 bits per heavy atom. The summed E-state index contributed by atoms with van der Waals surface area (Å²) in [7, 11) is -2.27. The molecule has 146 valence electrons. The highest BCUT2D eigenvalue weighted by atomic mass is 32.2. The van der Waals surface area contributed by atoms with E-state index in [0.717, 1.165) is 16.0 Å². The van der Waals surface area contributed by atoms with Crippen LogP contribution in [0.2, 0.25) is 0 Å². The molecule has 0 unspecified atom stereocenters. The average Bonchev–Trinajstić information content (AvgIpc) is 2.78. The second kappa shape index (κ2) is 7.78. The minimum Gasteiger partial charge on any atom is -0.481 e. The summed E-state index contributed by atoms with van der Waals surface area (Å²) in [6, 6.07) is 18.2. The van der Waals surface area contributed by atoms with Gasteiger partial charge < -0.3 is 4.74 Å². The minimum absolute atomic E-state index is 0.125. The minimum atomic E-state index is -3.75. The van der Waals surface area contributed by atoms with Crippen LogP contribution in [0.1, 0.15) is 5.56 Å². The van der Waals surface area contributed by atoms with Crippen LogP contribution in [0.15, 0.2) is 70.6 Å². The Morgan fingerprint density at radius 2 is 1.86 bits per heavy atom. The Bertz CT molecular complexity index is 1190. The number of rotatable bonds is 4. The van der Waals surface area contributed by atoms with Crippen LogP contribution in [0, 0.1) is 11.3 Å². The number of nitrogens with zero attached hydrogens (tertiary/aromatic N) is 3. The van der Waals surface area contributed by atoms with Gasteiger partial charge in [0.1, 0.15) is 4.90 Å². The molecule has 0 amide bonds. The number of hydrogen-bond acceptors (Lipinski definition) is 6. The van der Waals surface area contributed by atoms with Crippen molar-refractivity contribution in [2.24, 2.45) is 0 Å². The van der Waals surface area contributed by atoms with Crippen LogP contribution in [0.3, 0.4) is 0 Å². The van der Waals surface area contributed by atoms with Crippen molar-refractivity contribution in [3.63, 3.8) is 0 Å². The van der Waals surface area contributed by atoms with Crippen LogP contribution < -0.4 is 9.04 Å². The van der Waals surface area contributed by atoms with Gasteiger partial charge in [0, 0.05) is 23.3 Å². The third kappa shape index (κ3) is 3.67. The number of thioether (sulfide) groups is 1. The number of hydrogen-bond donors (Lipinski definition) is 0. The third-order valence-corrected chi connectivity index (χ3v) is 7.47. The van der Waals surface area contributed by atoms with Gasteiger partial charge in [0.2, 0.25) is 5.88 Å². The molecule has 4 rings (SSSR count). The summed E-state index contributed by atoms with van der Waals surface area (Å²) in [4.78, 5) is 5.08. The fraction of sp³-hybridized carbons (Fsp3) is 0.143. The summed E-state index contributed by atoms with van der Waals surface area (Å²) in [5.74, 6) is 1.04. The average molecular weight is 424 g/mol. The molecule has 1 aromatic heterocycles. The van der Waals surface area contributed by atoms with E-state index in [2.05, 4.69) is 11.1 Å². The van der Waals surface area contributed by atoms with Gasteiger partial charge in [-0.15, -0.1) is 11.8 Å². The van der Waals surface area contributed by atoms with Crippen LogP contribution in [-0.2, 0) is 10.0 Å².